The Morgan fingerprint density at radius 2 is 1.96 bits per heavy atom. The molecule has 0 aromatic carbocycles. The van der Waals surface area contributed by atoms with Gasteiger partial charge in [0.1, 0.15) is 0 Å². The fourth-order valence-electron chi connectivity index (χ4n) is 4.65. The van der Waals surface area contributed by atoms with Crippen LogP contribution in [0.4, 0.5) is 0 Å². The molecule has 2 aliphatic heterocycles. The second-order valence-electron chi connectivity index (χ2n) is 7.83. The van der Waals surface area contributed by atoms with Crippen LogP contribution < -0.4 is 10.6 Å². The molecule has 2 heterocycles. The fraction of sp³-hybridized carbons (Fsp3) is 1.00. The van der Waals surface area contributed by atoms with Crippen molar-refractivity contribution in [3.63, 3.8) is 0 Å². The summed E-state index contributed by atoms with van der Waals surface area (Å²) in [5.74, 6) is 0.759. The number of halogens is 1. The van der Waals surface area contributed by atoms with Crippen molar-refractivity contribution in [1.82, 2.24) is 20.4 Å². The van der Waals surface area contributed by atoms with Gasteiger partial charge in [0.15, 0.2) is 0 Å². The monoisotopic (exact) mass is 360 g/mol. The van der Waals surface area contributed by atoms with Crippen LogP contribution >= 0.6 is 12.4 Å². The number of nitrogens with zero attached hydrogens (tertiary/aromatic N) is 2. The van der Waals surface area contributed by atoms with Crippen molar-refractivity contribution in [2.24, 2.45) is 5.92 Å². The highest BCUT2D eigenvalue weighted by molar-refractivity contribution is 5.85. The zero-order chi connectivity index (χ0) is 16.1. The number of rotatable bonds is 6. The van der Waals surface area contributed by atoms with Crippen LogP contribution in [-0.4, -0.2) is 88.0 Å². The maximum Gasteiger partial charge on any atom is 0.0623 e. The molecule has 0 bridgehead atoms. The number of hydrogen-bond acceptors (Lipinski definition) is 5. The summed E-state index contributed by atoms with van der Waals surface area (Å²) in [7, 11) is 4.43. The molecule has 3 rings (SSSR count). The summed E-state index contributed by atoms with van der Waals surface area (Å²) in [6, 6.07) is 2.05. The van der Waals surface area contributed by atoms with Gasteiger partial charge in [0, 0.05) is 37.8 Å². The van der Waals surface area contributed by atoms with Crippen LogP contribution in [0.5, 0.6) is 0 Å². The van der Waals surface area contributed by atoms with E-state index < -0.39 is 0 Å². The first kappa shape index (κ1) is 20.4. The molecule has 24 heavy (non-hydrogen) atoms. The lowest BCUT2D eigenvalue weighted by atomic mass is 9.94. The van der Waals surface area contributed by atoms with Crippen LogP contribution in [0.1, 0.15) is 32.1 Å². The number of morpholine rings is 1. The first-order chi connectivity index (χ1) is 11.2. The van der Waals surface area contributed by atoms with Crippen molar-refractivity contribution in [2.45, 2.75) is 50.2 Å². The van der Waals surface area contributed by atoms with Gasteiger partial charge in [-0.2, -0.15) is 0 Å². The van der Waals surface area contributed by atoms with Crippen molar-refractivity contribution in [1.29, 1.82) is 0 Å². The molecule has 1 saturated carbocycles. The molecule has 142 valence electrons. The first-order valence-corrected chi connectivity index (χ1v) is 9.67. The van der Waals surface area contributed by atoms with Crippen molar-refractivity contribution in [3.8, 4) is 0 Å². The Balaban J connectivity index is 0.00000208. The summed E-state index contributed by atoms with van der Waals surface area (Å²) in [5.41, 5.74) is 0. The Kier molecular flexibility index (Phi) is 8.75. The number of piperidine rings is 1. The Labute approximate surface area is 154 Å². The van der Waals surface area contributed by atoms with E-state index in [1.807, 2.05) is 0 Å². The maximum atomic E-state index is 5.67. The molecule has 0 spiro atoms. The van der Waals surface area contributed by atoms with Gasteiger partial charge in [-0.05, 0) is 58.8 Å². The van der Waals surface area contributed by atoms with Gasteiger partial charge in [0.25, 0.3) is 0 Å². The lowest BCUT2D eigenvalue weighted by molar-refractivity contribution is 0.0522. The Morgan fingerprint density at radius 3 is 2.62 bits per heavy atom. The average molecular weight is 361 g/mol. The fourth-order valence-corrected chi connectivity index (χ4v) is 4.65. The predicted molar refractivity (Wildman–Crippen MR) is 102 cm³/mol. The normalized spacial score (nSPS) is 32.9. The SMILES string of the molecule is CN(C)C1CCN(CCNC2CCCC2C2COCCN2)CC1.Cl. The molecular weight excluding hydrogens is 324 g/mol. The molecule has 5 nitrogen and oxygen atoms in total. The van der Waals surface area contributed by atoms with Gasteiger partial charge in [-0.3, -0.25) is 0 Å². The highest BCUT2D eigenvalue weighted by Gasteiger charge is 2.34. The van der Waals surface area contributed by atoms with E-state index in [9.17, 15) is 0 Å². The Morgan fingerprint density at radius 1 is 1.17 bits per heavy atom. The number of likely N-dealkylation sites (tertiary alicyclic amines) is 1. The van der Waals surface area contributed by atoms with Crippen LogP contribution in [0, 0.1) is 5.92 Å². The van der Waals surface area contributed by atoms with Gasteiger partial charge < -0.3 is 25.2 Å². The molecule has 3 fully saturated rings. The summed E-state index contributed by atoms with van der Waals surface area (Å²) >= 11 is 0. The zero-order valence-corrected chi connectivity index (χ0v) is 16.3. The number of ether oxygens (including phenoxy) is 1. The third-order valence-corrected chi connectivity index (χ3v) is 6.16. The van der Waals surface area contributed by atoms with Crippen LogP contribution in [0.3, 0.4) is 0 Å². The smallest absolute Gasteiger partial charge is 0.0623 e. The van der Waals surface area contributed by atoms with Crippen LogP contribution in [0.15, 0.2) is 0 Å². The standard InChI is InChI=1S/C18H36N4O.ClH/c1-21(2)15-6-10-22(11-7-15)12-8-19-17-5-3-4-16(17)18-14-23-13-9-20-18;/h15-20H,3-14H2,1-2H3;1H. The molecule has 0 aromatic rings. The van der Waals surface area contributed by atoms with E-state index in [0.717, 1.165) is 38.3 Å². The molecule has 2 N–H and O–H groups in total. The van der Waals surface area contributed by atoms with Crippen LogP contribution in [-0.2, 0) is 4.74 Å². The van der Waals surface area contributed by atoms with Gasteiger partial charge in [0.05, 0.1) is 13.2 Å². The molecule has 0 radical (unpaired) electrons. The molecule has 0 aromatic heterocycles. The van der Waals surface area contributed by atoms with E-state index in [1.54, 1.807) is 0 Å². The second-order valence-corrected chi connectivity index (χ2v) is 7.83. The lowest BCUT2D eigenvalue weighted by Gasteiger charge is -2.36. The first-order valence-electron chi connectivity index (χ1n) is 9.67. The van der Waals surface area contributed by atoms with Gasteiger partial charge in [-0.1, -0.05) is 6.42 Å². The molecule has 6 heteroatoms. The molecule has 3 aliphatic rings. The average Bonchev–Trinajstić information content (AvgIpc) is 3.05. The third kappa shape index (κ3) is 5.55. The van der Waals surface area contributed by atoms with Crippen LogP contribution in [0.2, 0.25) is 0 Å². The molecule has 3 atom stereocenters. The Bertz CT molecular complexity index is 344. The molecule has 0 amide bonds. The largest absolute Gasteiger partial charge is 0.379 e. The third-order valence-electron chi connectivity index (χ3n) is 6.16. The number of hydrogen-bond donors (Lipinski definition) is 2. The number of nitrogens with one attached hydrogen (secondary N) is 2. The molecule has 2 saturated heterocycles. The van der Waals surface area contributed by atoms with Crippen molar-refractivity contribution >= 4 is 12.4 Å². The van der Waals surface area contributed by atoms with Gasteiger partial charge in [-0.25, -0.2) is 0 Å². The van der Waals surface area contributed by atoms with Crippen molar-refractivity contribution < 1.29 is 4.74 Å². The van der Waals surface area contributed by atoms with E-state index in [2.05, 4.69) is 34.5 Å². The van der Waals surface area contributed by atoms with E-state index in [0.29, 0.717) is 12.1 Å². The van der Waals surface area contributed by atoms with Gasteiger partial charge in [-0.15, -0.1) is 12.4 Å². The van der Waals surface area contributed by atoms with Gasteiger partial charge in [0.2, 0.25) is 0 Å². The predicted octanol–water partition coefficient (Wildman–Crippen LogP) is 1.18. The minimum absolute atomic E-state index is 0. The van der Waals surface area contributed by atoms with E-state index >= 15 is 0 Å². The van der Waals surface area contributed by atoms with E-state index in [-0.39, 0.29) is 12.4 Å². The van der Waals surface area contributed by atoms with E-state index in [1.165, 1.54) is 51.7 Å². The van der Waals surface area contributed by atoms with Gasteiger partial charge >= 0.3 is 0 Å². The molecule has 3 unspecified atom stereocenters. The van der Waals surface area contributed by atoms with Crippen molar-refractivity contribution in [3.05, 3.63) is 0 Å². The summed E-state index contributed by atoms with van der Waals surface area (Å²) in [6.45, 7) is 7.67. The highest BCUT2D eigenvalue weighted by atomic mass is 35.5. The lowest BCUT2D eigenvalue weighted by Crippen LogP contribution is -2.52. The summed E-state index contributed by atoms with van der Waals surface area (Å²) in [5, 5.41) is 7.53. The quantitative estimate of drug-likeness (QED) is 0.744. The summed E-state index contributed by atoms with van der Waals surface area (Å²) in [4.78, 5) is 5.02. The van der Waals surface area contributed by atoms with Crippen molar-refractivity contribution in [2.75, 3.05) is 60.0 Å². The molecule has 1 aliphatic carbocycles. The Hall–Kier alpha value is 0.0900. The summed E-state index contributed by atoms with van der Waals surface area (Å²) in [6.07, 6.45) is 6.71. The second kappa shape index (κ2) is 10.3. The van der Waals surface area contributed by atoms with Crippen LogP contribution in [0.25, 0.3) is 0 Å². The maximum absolute atomic E-state index is 5.67. The van der Waals surface area contributed by atoms with E-state index in [4.69, 9.17) is 4.74 Å². The minimum Gasteiger partial charge on any atom is -0.379 e. The minimum atomic E-state index is 0. The zero-order valence-electron chi connectivity index (χ0n) is 15.5. The molecular formula is C18H37ClN4O. The summed E-state index contributed by atoms with van der Waals surface area (Å²) < 4.78 is 5.67. The highest BCUT2D eigenvalue weighted by Crippen LogP contribution is 2.29. The topological polar surface area (TPSA) is 39.8 Å².